The van der Waals surface area contributed by atoms with Crippen LogP contribution in [0.15, 0.2) is 12.2 Å². The Balaban J connectivity index is 1.56. The fourth-order valence-corrected chi connectivity index (χ4v) is 5.54. The number of aliphatic hydroxyl groups excluding tert-OH is 1. The molecular formula is C22H36O5. The molecule has 0 spiro atoms. The summed E-state index contributed by atoms with van der Waals surface area (Å²) in [4.78, 5) is 11.8. The summed E-state index contributed by atoms with van der Waals surface area (Å²) in [6.07, 6.45) is 8.64. The molecule has 2 saturated carbocycles. The van der Waals surface area contributed by atoms with Crippen molar-refractivity contribution in [3.8, 4) is 0 Å². The highest BCUT2D eigenvalue weighted by atomic mass is 16.6. The van der Waals surface area contributed by atoms with Crippen molar-refractivity contribution in [2.45, 2.75) is 101 Å². The van der Waals surface area contributed by atoms with E-state index in [1.165, 1.54) is 24.8 Å². The van der Waals surface area contributed by atoms with E-state index in [9.17, 15) is 20.1 Å². The van der Waals surface area contributed by atoms with Gasteiger partial charge in [0.1, 0.15) is 0 Å². The summed E-state index contributed by atoms with van der Waals surface area (Å²) in [7, 11) is 0. The molecule has 0 amide bonds. The molecule has 6 atom stereocenters. The smallest absolute Gasteiger partial charge is 0.338 e. The largest absolute Gasteiger partial charge is 0.479 e. The lowest BCUT2D eigenvalue weighted by Crippen LogP contribution is -2.56. The van der Waals surface area contributed by atoms with E-state index in [1.807, 2.05) is 0 Å². The molecule has 0 aromatic rings. The van der Waals surface area contributed by atoms with Crippen LogP contribution in [0.25, 0.3) is 0 Å². The molecule has 0 bridgehead atoms. The van der Waals surface area contributed by atoms with E-state index in [0.717, 1.165) is 32.1 Å². The van der Waals surface area contributed by atoms with Gasteiger partial charge in [-0.3, -0.25) is 0 Å². The molecule has 0 aromatic heterocycles. The molecule has 0 aromatic carbocycles. The van der Waals surface area contributed by atoms with Crippen LogP contribution >= 0.6 is 0 Å². The van der Waals surface area contributed by atoms with Crippen molar-refractivity contribution >= 4 is 5.97 Å². The molecule has 5 nitrogen and oxygen atoms in total. The highest BCUT2D eigenvalue weighted by Crippen LogP contribution is 2.46. The first kappa shape index (κ1) is 20.8. The molecule has 1 aliphatic heterocycles. The van der Waals surface area contributed by atoms with E-state index in [2.05, 4.69) is 13.5 Å². The van der Waals surface area contributed by atoms with Crippen LogP contribution in [0.2, 0.25) is 0 Å². The number of rotatable bonds is 9. The molecule has 3 N–H and O–H groups in total. The molecule has 27 heavy (non-hydrogen) atoms. The normalized spacial score (nSPS) is 35.0. The van der Waals surface area contributed by atoms with Gasteiger partial charge in [0, 0.05) is 12.3 Å². The van der Waals surface area contributed by atoms with E-state index < -0.39 is 17.7 Å². The van der Waals surface area contributed by atoms with Gasteiger partial charge in [-0.2, -0.15) is 0 Å². The summed E-state index contributed by atoms with van der Waals surface area (Å²) in [5.74, 6) is -0.518. The number of carboxylic acids is 1. The van der Waals surface area contributed by atoms with E-state index in [4.69, 9.17) is 4.74 Å². The third kappa shape index (κ3) is 4.41. The molecule has 1 saturated heterocycles. The second kappa shape index (κ2) is 8.62. The molecule has 2 aliphatic carbocycles. The maximum atomic E-state index is 11.8. The Kier molecular flexibility index (Phi) is 6.65. The average molecular weight is 381 g/mol. The van der Waals surface area contributed by atoms with Crippen LogP contribution in [0, 0.1) is 17.8 Å². The highest BCUT2D eigenvalue weighted by molar-refractivity contribution is 5.78. The zero-order valence-corrected chi connectivity index (χ0v) is 16.6. The van der Waals surface area contributed by atoms with Crippen molar-refractivity contribution in [2.24, 2.45) is 17.8 Å². The number of carboxylic acid groups (broad SMARTS) is 1. The van der Waals surface area contributed by atoms with Crippen LogP contribution in [-0.2, 0) is 9.53 Å². The Morgan fingerprint density at radius 3 is 2.59 bits per heavy atom. The number of allylic oxidation sites excluding steroid dienone is 1. The lowest BCUT2D eigenvalue weighted by Gasteiger charge is -2.38. The van der Waals surface area contributed by atoms with Gasteiger partial charge in [-0.05, 0) is 43.9 Å². The summed E-state index contributed by atoms with van der Waals surface area (Å²) in [6.45, 7) is 6.45. The Hall–Kier alpha value is -0.910. The monoisotopic (exact) mass is 380 g/mol. The molecule has 1 heterocycles. The van der Waals surface area contributed by atoms with Crippen LogP contribution in [0.5, 0.6) is 0 Å². The first-order valence-corrected chi connectivity index (χ1v) is 10.8. The molecule has 3 fully saturated rings. The molecule has 3 aliphatic rings. The lowest BCUT2D eigenvalue weighted by molar-refractivity contribution is -0.185. The van der Waals surface area contributed by atoms with Crippen molar-refractivity contribution in [1.82, 2.24) is 0 Å². The topological polar surface area (TPSA) is 90.3 Å². The molecular weight excluding hydrogens is 344 g/mol. The maximum Gasteiger partial charge on any atom is 0.338 e. The number of aliphatic hydroxyl groups is 2. The second-order valence-electron chi connectivity index (χ2n) is 9.02. The Morgan fingerprint density at radius 2 is 1.96 bits per heavy atom. The van der Waals surface area contributed by atoms with E-state index in [-0.39, 0.29) is 24.5 Å². The van der Waals surface area contributed by atoms with Crippen LogP contribution in [0.4, 0.5) is 0 Å². The minimum atomic E-state index is -2.06. The van der Waals surface area contributed by atoms with Gasteiger partial charge in [0.15, 0.2) is 5.60 Å². The van der Waals surface area contributed by atoms with E-state index in [1.54, 1.807) is 0 Å². The summed E-state index contributed by atoms with van der Waals surface area (Å²) in [5.41, 5.74) is -0.744. The summed E-state index contributed by atoms with van der Waals surface area (Å²) >= 11 is 0. The summed E-state index contributed by atoms with van der Waals surface area (Å²) < 4.78 is 5.78. The highest BCUT2D eigenvalue weighted by Gasteiger charge is 2.53. The van der Waals surface area contributed by atoms with Gasteiger partial charge >= 0.3 is 5.97 Å². The number of epoxide rings is 1. The minimum absolute atomic E-state index is 0.0586. The zero-order valence-electron chi connectivity index (χ0n) is 16.6. The number of carbonyl (C=O) groups is 1. The minimum Gasteiger partial charge on any atom is -0.479 e. The Labute approximate surface area is 162 Å². The van der Waals surface area contributed by atoms with Gasteiger partial charge in [0.05, 0.1) is 18.3 Å². The fraction of sp³-hybridized carbons (Fsp3) is 0.864. The van der Waals surface area contributed by atoms with Crippen LogP contribution in [0.1, 0.15) is 77.6 Å². The summed E-state index contributed by atoms with van der Waals surface area (Å²) in [6, 6.07) is 0. The van der Waals surface area contributed by atoms with Gasteiger partial charge in [-0.1, -0.05) is 51.2 Å². The quantitative estimate of drug-likeness (QED) is 0.419. The van der Waals surface area contributed by atoms with Crippen LogP contribution in [0.3, 0.4) is 0 Å². The van der Waals surface area contributed by atoms with Crippen LogP contribution < -0.4 is 0 Å². The number of hydrogen-bond acceptors (Lipinski definition) is 4. The lowest BCUT2D eigenvalue weighted by atomic mass is 9.73. The van der Waals surface area contributed by atoms with Gasteiger partial charge in [0.2, 0.25) is 0 Å². The Morgan fingerprint density at radius 1 is 1.26 bits per heavy atom. The van der Waals surface area contributed by atoms with Crippen LogP contribution in [-0.4, -0.2) is 45.2 Å². The first-order valence-electron chi connectivity index (χ1n) is 10.8. The Bertz CT molecular complexity index is 541. The molecule has 0 radical (unpaired) electrons. The van der Waals surface area contributed by atoms with E-state index in [0.29, 0.717) is 24.7 Å². The van der Waals surface area contributed by atoms with Gasteiger partial charge in [-0.15, -0.1) is 0 Å². The zero-order chi connectivity index (χ0) is 19.6. The fourth-order valence-electron chi connectivity index (χ4n) is 5.54. The van der Waals surface area contributed by atoms with E-state index >= 15 is 0 Å². The average Bonchev–Trinajstić information content (AvgIpc) is 3.30. The number of hydrogen-bond donors (Lipinski definition) is 3. The first-order chi connectivity index (χ1) is 12.9. The third-order valence-electron chi connectivity index (χ3n) is 7.30. The molecule has 3 unspecified atom stereocenters. The van der Waals surface area contributed by atoms with Gasteiger partial charge in [-0.25, -0.2) is 4.79 Å². The molecule has 154 valence electrons. The predicted molar refractivity (Wildman–Crippen MR) is 103 cm³/mol. The van der Waals surface area contributed by atoms with Crippen molar-refractivity contribution in [3.05, 3.63) is 12.2 Å². The molecule has 3 rings (SSSR count). The SMILES string of the molecule is C=C1CC[C@H](CCC)[C@H]1C[C@H]1OC1CC(O)C(O)(C(=O)O)C1CCCCC1. The van der Waals surface area contributed by atoms with Crippen molar-refractivity contribution in [3.63, 3.8) is 0 Å². The number of ether oxygens (including phenoxy) is 1. The second-order valence-corrected chi connectivity index (χ2v) is 9.02. The molecule has 5 heteroatoms. The predicted octanol–water partition coefficient (Wildman–Crippen LogP) is 3.67. The van der Waals surface area contributed by atoms with Crippen molar-refractivity contribution in [2.75, 3.05) is 0 Å². The third-order valence-corrected chi connectivity index (χ3v) is 7.30. The maximum absolute atomic E-state index is 11.8. The van der Waals surface area contributed by atoms with Gasteiger partial charge < -0.3 is 20.1 Å². The van der Waals surface area contributed by atoms with Crippen molar-refractivity contribution in [1.29, 1.82) is 0 Å². The number of aliphatic carboxylic acids is 1. The standard InChI is InChI=1S/C22H36O5/c1-3-7-15-11-10-14(2)17(15)12-18-19(27-18)13-20(23)22(26,21(24)25)16-8-5-4-6-9-16/h15-20,23,26H,2-13H2,1H3,(H,24,25)/t15-,17-,18+,19?,20?,22?/m0/s1. The summed E-state index contributed by atoms with van der Waals surface area (Å²) in [5, 5.41) is 31.2. The van der Waals surface area contributed by atoms with Crippen molar-refractivity contribution < 1.29 is 24.9 Å². The van der Waals surface area contributed by atoms with Gasteiger partial charge in [0.25, 0.3) is 0 Å².